The van der Waals surface area contributed by atoms with Crippen LogP contribution in [-0.4, -0.2) is 17.6 Å². The average Bonchev–Trinajstić information content (AvgIpc) is 2.72. The molecule has 17 heavy (non-hydrogen) atoms. The number of rotatable bonds is 5. The van der Waals surface area contributed by atoms with Crippen molar-refractivity contribution in [3.63, 3.8) is 0 Å². The SMILES string of the molecule is CC(C)NCCC(C)C1CCc2cccnc21. The molecule has 0 aromatic carbocycles. The normalized spacial score (nSPS) is 20.6. The summed E-state index contributed by atoms with van der Waals surface area (Å²) >= 11 is 0. The molecule has 1 aromatic heterocycles. The zero-order chi connectivity index (χ0) is 12.3. The minimum absolute atomic E-state index is 0.594. The predicted molar refractivity (Wildman–Crippen MR) is 72.2 cm³/mol. The van der Waals surface area contributed by atoms with Crippen LogP contribution in [0.25, 0.3) is 0 Å². The van der Waals surface area contributed by atoms with Gasteiger partial charge in [0.25, 0.3) is 0 Å². The molecular weight excluding hydrogens is 208 g/mol. The maximum Gasteiger partial charge on any atom is 0.0469 e. The lowest BCUT2D eigenvalue weighted by atomic mass is 9.89. The maximum absolute atomic E-state index is 4.58. The first-order chi connectivity index (χ1) is 8.18. The van der Waals surface area contributed by atoms with Gasteiger partial charge >= 0.3 is 0 Å². The molecule has 0 saturated heterocycles. The minimum atomic E-state index is 0.594. The van der Waals surface area contributed by atoms with Gasteiger partial charge in [-0.25, -0.2) is 0 Å². The van der Waals surface area contributed by atoms with Crippen molar-refractivity contribution in [2.75, 3.05) is 6.54 Å². The molecule has 94 valence electrons. The summed E-state index contributed by atoms with van der Waals surface area (Å²) in [4.78, 5) is 4.58. The third kappa shape index (κ3) is 3.06. The number of aromatic nitrogens is 1. The fourth-order valence-corrected chi connectivity index (χ4v) is 2.80. The lowest BCUT2D eigenvalue weighted by Crippen LogP contribution is -2.26. The molecule has 1 aromatic rings. The van der Waals surface area contributed by atoms with Crippen LogP contribution in [0, 0.1) is 5.92 Å². The number of hydrogen-bond acceptors (Lipinski definition) is 2. The van der Waals surface area contributed by atoms with E-state index in [1.165, 1.54) is 30.5 Å². The number of nitrogens with one attached hydrogen (secondary N) is 1. The first-order valence-corrected chi connectivity index (χ1v) is 6.85. The highest BCUT2D eigenvalue weighted by molar-refractivity contribution is 5.28. The van der Waals surface area contributed by atoms with Gasteiger partial charge in [0, 0.05) is 23.9 Å². The first-order valence-electron chi connectivity index (χ1n) is 6.85. The van der Waals surface area contributed by atoms with E-state index in [1.807, 2.05) is 6.20 Å². The van der Waals surface area contributed by atoms with E-state index in [0.717, 1.165) is 12.5 Å². The highest BCUT2D eigenvalue weighted by Gasteiger charge is 2.27. The van der Waals surface area contributed by atoms with Gasteiger partial charge in [-0.1, -0.05) is 26.8 Å². The Bertz CT molecular complexity index is 360. The topological polar surface area (TPSA) is 24.9 Å². The van der Waals surface area contributed by atoms with Gasteiger partial charge in [0.1, 0.15) is 0 Å². The molecule has 0 amide bonds. The van der Waals surface area contributed by atoms with Crippen molar-refractivity contribution in [3.05, 3.63) is 29.6 Å². The Hall–Kier alpha value is -0.890. The highest BCUT2D eigenvalue weighted by atomic mass is 14.9. The molecule has 0 saturated carbocycles. The molecule has 2 heteroatoms. The summed E-state index contributed by atoms with van der Waals surface area (Å²) in [5.41, 5.74) is 2.84. The van der Waals surface area contributed by atoms with Gasteiger partial charge in [-0.2, -0.15) is 0 Å². The van der Waals surface area contributed by atoms with Crippen molar-refractivity contribution in [3.8, 4) is 0 Å². The van der Waals surface area contributed by atoms with E-state index in [-0.39, 0.29) is 0 Å². The molecule has 2 nitrogen and oxygen atoms in total. The minimum Gasteiger partial charge on any atom is -0.315 e. The third-order valence-corrected chi connectivity index (χ3v) is 3.84. The molecule has 0 bridgehead atoms. The number of nitrogens with zero attached hydrogens (tertiary/aromatic N) is 1. The van der Waals surface area contributed by atoms with E-state index in [1.54, 1.807) is 0 Å². The molecule has 2 unspecified atom stereocenters. The Morgan fingerprint density at radius 2 is 2.24 bits per heavy atom. The number of hydrogen-bond donors (Lipinski definition) is 1. The Labute approximate surface area is 105 Å². The van der Waals surface area contributed by atoms with Gasteiger partial charge in [0.2, 0.25) is 0 Å². The van der Waals surface area contributed by atoms with Crippen molar-refractivity contribution in [2.45, 2.75) is 52.0 Å². The predicted octanol–water partition coefficient (Wildman–Crippen LogP) is 3.14. The second kappa shape index (κ2) is 5.63. The van der Waals surface area contributed by atoms with Gasteiger partial charge in [-0.05, 0) is 43.4 Å². The fourth-order valence-electron chi connectivity index (χ4n) is 2.80. The standard InChI is InChI=1S/C15H24N2/c1-11(2)16-10-8-12(3)14-7-6-13-5-4-9-17-15(13)14/h4-5,9,11-12,14,16H,6-8,10H2,1-3H3. The van der Waals surface area contributed by atoms with E-state index in [9.17, 15) is 0 Å². The largest absolute Gasteiger partial charge is 0.315 e. The molecule has 0 aliphatic heterocycles. The fraction of sp³-hybridized carbons (Fsp3) is 0.667. The Kier molecular flexibility index (Phi) is 4.16. The molecule has 2 atom stereocenters. The Morgan fingerprint density at radius 1 is 1.41 bits per heavy atom. The van der Waals surface area contributed by atoms with Crippen molar-refractivity contribution in [1.82, 2.24) is 10.3 Å². The average molecular weight is 232 g/mol. The monoisotopic (exact) mass is 232 g/mol. The molecule has 1 N–H and O–H groups in total. The number of aryl methyl sites for hydroxylation is 1. The van der Waals surface area contributed by atoms with Crippen LogP contribution in [0.3, 0.4) is 0 Å². The van der Waals surface area contributed by atoms with Gasteiger partial charge in [0.05, 0.1) is 0 Å². The molecule has 0 spiro atoms. The molecule has 0 radical (unpaired) electrons. The molecule has 1 aliphatic rings. The first kappa shape index (κ1) is 12.6. The summed E-state index contributed by atoms with van der Waals surface area (Å²) in [5.74, 6) is 1.41. The van der Waals surface area contributed by atoms with Crippen molar-refractivity contribution in [2.24, 2.45) is 5.92 Å². The molecule has 1 aliphatic carbocycles. The second-order valence-electron chi connectivity index (χ2n) is 5.57. The smallest absolute Gasteiger partial charge is 0.0469 e. The lowest BCUT2D eigenvalue weighted by Gasteiger charge is -2.20. The molecule has 2 rings (SSSR count). The van der Waals surface area contributed by atoms with Crippen LogP contribution in [0.15, 0.2) is 18.3 Å². The van der Waals surface area contributed by atoms with Crippen LogP contribution in [0.1, 0.15) is 50.8 Å². The van der Waals surface area contributed by atoms with Crippen LogP contribution in [0.5, 0.6) is 0 Å². The van der Waals surface area contributed by atoms with Gasteiger partial charge < -0.3 is 5.32 Å². The van der Waals surface area contributed by atoms with Gasteiger partial charge in [-0.3, -0.25) is 4.98 Å². The van der Waals surface area contributed by atoms with Crippen LogP contribution in [0.2, 0.25) is 0 Å². The van der Waals surface area contributed by atoms with Crippen molar-refractivity contribution >= 4 is 0 Å². The van der Waals surface area contributed by atoms with Gasteiger partial charge in [-0.15, -0.1) is 0 Å². The summed E-state index contributed by atoms with van der Waals surface area (Å²) < 4.78 is 0. The molecular formula is C15H24N2. The third-order valence-electron chi connectivity index (χ3n) is 3.84. The van der Waals surface area contributed by atoms with E-state index in [0.29, 0.717) is 12.0 Å². The Morgan fingerprint density at radius 3 is 3.00 bits per heavy atom. The number of pyridine rings is 1. The number of fused-ring (bicyclic) bond motifs is 1. The van der Waals surface area contributed by atoms with Crippen molar-refractivity contribution < 1.29 is 0 Å². The summed E-state index contributed by atoms with van der Waals surface area (Å²) in [6, 6.07) is 4.89. The maximum atomic E-state index is 4.58. The van der Waals surface area contributed by atoms with Crippen LogP contribution >= 0.6 is 0 Å². The van der Waals surface area contributed by atoms with Crippen LogP contribution in [-0.2, 0) is 6.42 Å². The zero-order valence-corrected chi connectivity index (χ0v) is 11.2. The van der Waals surface area contributed by atoms with E-state index >= 15 is 0 Å². The molecule has 0 fully saturated rings. The van der Waals surface area contributed by atoms with Gasteiger partial charge in [0.15, 0.2) is 0 Å². The quantitative estimate of drug-likeness (QED) is 0.843. The summed E-state index contributed by atoms with van der Waals surface area (Å²) in [5, 5.41) is 3.50. The second-order valence-corrected chi connectivity index (χ2v) is 5.57. The van der Waals surface area contributed by atoms with Crippen LogP contribution < -0.4 is 5.32 Å². The lowest BCUT2D eigenvalue weighted by molar-refractivity contribution is 0.401. The molecule has 1 heterocycles. The van der Waals surface area contributed by atoms with E-state index in [2.05, 4.69) is 43.2 Å². The van der Waals surface area contributed by atoms with Crippen LogP contribution in [0.4, 0.5) is 0 Å². The summed E-state index contributed by atoms with van der Waals surface area (Å²) in [6.45, 7) is 7.90. The Balaban J connectivity index is 1.91. The van der Waals surface area contributed by atoms with Crippen molar-refractivity contribution in [1.29, 1.82) is 0 Å². The zero-order valence-electron chi connectivity index (χ0n) is 11.2. The summed E-state index contributed by atoms with van der Waals surface area (Å²) in [7, 11) is 0. The summed E-state index contributed by atoms with van der Waals surface area (Å²) in [6.07, 6.45) is 5.69. The van der Waals surface area contributed by atoms with E-state index in [4.69, 9.17) is 0 Å². The van der Waals surface area contributed by atoms with E-state index < -0.39 is 0 Å². The highest BCUT2D eigenvalue weighted by Crippen LogP contribution is 2.37.